The van der Waals surface area contributed by atoms with Crippen molar-refractivity contribution in [3.05, 3.63) is 23.3 Å². The van der Waals surface area contributed by atoms with E-state index in [1.54, 1.807) is 0 Å². The first-order chi connectivity index (χ1) is 6.09. The van der Waals surface area contributed by atoms with Gasteiger partial charge >= 0.3 is 0 Å². The molecule has 0 amide bonds. The van der Waals surface area contributed by atoms with Gasteiger partial charge in [-0.2, -0.15) is 0 Å². The van der Waals surface area contributed by atoms with Crippen LogP contribution in [0.5, 0.6) is 0 Å². The molecule has 0 spiro atoms. The maximum Gasteiger partial charge on any atom is 0.165 e. The summed E-state index contributed by atoms with van der Waals surface area (Å²) in [7, 11) is 1.98. The SMILES string of the molecule is Cc1cc2nc(S)n(C)c2cc1C. The average molecular weight is 192 g/mol. The van der Waals surface area contributed by atoms with Crippen molar-refractivity contribution >= 4 is 23.7 Å². The number of hydrogen-bond donors (Lipinski definition) is 1. The van der Waals surface area contributed by atoms with Gasteiger partial charge < -0.3 is 4.57 Å². The minimum Gasteiger partial charge on any atom is -0.322 e. The predicted molar refractivity (Wildman–Crippen MR) is 57.4 cm³/mol. The summed E-state index contributed by atoms with van der Waals surface area (Å²) >= 11 is 4.28. The first-order valence-corrected chi connectivity index (χ1v) is 4.67. The van der Waals surface area contributed by atoms with E-state index >= 15 is 0 Å². The fraction of sp³-hybridized carbons (Fsp3) is 0.300. The van der Waals surface area contributed by atoms with Crippen molar-refractivity contribution < 1.29 is 0 Å². The van der Waals surface area contributed by atoms with E-state index in [1.165, 1.54) is 11.1 Å². The highest BCUT2D eigenvalue weighted by atomic mass is 32.1. The van der Waals surface area contributed by atoms with E-state index in [-0.39, 0.29) is 0 Å². The van der Waals surface area contributed by atoms with Gasteiger partial charge in [-0.3, -0.25) is 0 Å². The zero-order valence-electron chi connectivity index (χ0n) is 8.00. The molecule has 0 aliphatic rings. The third-order valence-corrected chi connectivity index (χ3v) is 2.87. The van der Waals surface area contributed by atoms with Gasteiger partial charge in [0.25, 0.3) is 0 Å². The van der Waals surface area contributed by atoms with E-state index < -0.39 is 0 Å². The van der Waals surface area contributed by atoms with E-state index in [0.717, 1.165) is 16.2 Å². The smallest absolute Gasteiger partial charge is 0.165 e. The molecule has 1 aromatic carbocycles. The molecule has 0 aliphatic heterocycles. The molecule has 0 unspecified atom stereocenters. The Morgan fingerprint density at radius 3 is 2.54 bits per heavy atom. The van der Waals surface area contributed by atoms with Gasteiger partial charge in [0.2, 0.25) is 0 Å². The maximum atomic E-state index is 4.34. The second-order valence-electron chi connectivity index (χ2n) is 3.40. The number of fused-ring (bicyclic) bond motifs is 1. The molecule has 1 aromatic heterocycles. The molecule has 68 valence electrons. The van der Waals surface area contributed by atoms with Gasteiger partial charge in [-0.1, -0.05) is 0 Å². The zero-order chi connectivity index (χ0) is 9.59. The Kier molecular flexibility index (Phi) is 1.84. The monoisotopic (exact) mass is 192 g/mol. The minimum atomic E-state index is 0.764. The number of hydrogen-bond acceptors (Lipinski definition) is 2. The van der Waals surface area contributed by atoms with Gasteiger partial charge in [0, 0.05) is 7.05 Å². The van der Waals surface area contributed by atoms with E-state index in [0.29, 0.717) is 0 Å². The lowest BCUT2D eigenvalue weighted by atomic mass is 10.1. The Labute approximate surface area is 83.0 Å². The van der Waals surface area contributed by atoms with Gasteiger partial charge in [-0.15, -0.1) is 12.6 Å². The third-order valence-electron chi connectivity index (χ3n) is 2.47. The van der Waals surface area contributed by atoms with Crippen molar-refractivity contribution in [2.45, 2.75) is 19.0 Å². The van der Waals surface area contributed by atoms with Crippen molar-refractivity contribution in [2.75, 3.05) is 0 Å². The zero-order valence-corrected chi connectivity index (χ0v) is 8.89. The molecule has 2 nitrogen and oxygen atoms in total. The summed E-state index contributed by atoms with van der Waals surface area (Å²) in [6.45, 7) is 4.21. The maximum absolute atomic E-state index is 4.34. The number of benzene rings is 1. The Morgan fingerprint density at radius 1 is 1.23 bits per heavy atom. The first-order valence-electron chi connectivity index (χ1n) is 4.22. The van der Waals surface area contributed by atoms with E-state index in [4.69, 9.17) is 0 Å². The predicted octanol–water partition coefficient (Wildman–Crippen LogP) is 2.48. The molecule has 0 bridgehead atoms. The number of aromatic nitrogens is 2. The van der Waals surface area contributed by atoms with Gasteiger partial charge in [0.1, 0.15) is 0 Å². The molecular formula is C10H12N2S. The third kappa shape index (κ3) is 1.23. The van der Waals surface area contributed by atoms with Crippen LogP contribution in [0.4, 0.5) is 0 Å². The molecule has 0 saturated carbocycles. The van der Waals surface area contributed by atoms with Crippen LogP contribution in [-0.4, -0.2) is 9.55 Å². The molecule has 2 rings (SSSR count). The highest BCUT2D eigenvalue weighted by Crippen LogP contribution is 2.20. The summed E-state index contributed by atoms with van der Waals surface area (Å²) in [5.41, 5.74) is 4.74. The normalized spacial score (nSPS) is 11.1. The van der Waals surface area contributed by atoms with Crippen molar-refractivity contribution in [3.63, 3.8) is 0 Å². The van der Waals surface area contributed by atoms with Crippen LogP contribution in [0, 0.1) is 13.8 Å². The summed E-state index contributed by atoms with van der Waals surface area (Å²) in [4.78, 5) is 4.34. The van der Waals surface area contributed by atoms with Gasteiger partial charge in [-0.05, 0) is 37.1 Å². The van der Waals surface area contributed by atoms with Crippen LogP contribution in [0.15, 0.2) is 17.3 Å². The van der Waals surface area contributed by atoms with E-state index in [1.807, 2.05) is 11.6 Å². The minimum absolute atomic E-state index is 0.764. The standard InChI is InChI=1S/C10H12N2S/c1-6-4-8-9(5-7(6)2)12(3)10(13)11-8/h4-5H,1-3H3,(H,11,13). The lowest BCUT2D eigenvalue weighted by Crippen LogP contribution is -1.88. The summed E-state index contributed by atoms with van der Waals surface area (Å²) in [5, 5.41) is 0.764. The Hall–Kier alpha value is -0.960. The molecule has 0 fully saturated rings. The molecular weight excluding hydrogens is 180 g/mol. The van der Waals surface area contributed by atoms with E-state index in [9.17, 15) is 0 Å². The van der Waals surface area contributed by atoms with Gasteiger partial charge in [0.05, 0.1) is 11.0 Å². The van der Waals surface area contributed by atoms with Crippen LogP contribution in [-0.2, 0) is 7.05 Å². The molecule has 0 saturated heterocycles. The summed E-state index contributed by atoms with van der Waals surface area (Å²) in [6.07, 6.45) is 0. The topological polar surface area (TPSA) is 17.8 Å². The second-order valence-corrected chi connectivity index (χ2v) is 3.80. The van der Waals surface area contributed by atoms with Crippen LogP contribution >= 0.6 is 12.6 Å². The highest BCUT2D eigenvalue weighted by molar-refractivity contribution is 7.80. The van der Waals surface area contributed by atoms with Crippen molar-refractivity contribution in [3.8, 4) is 0 Å². The average Bonchev–Trinajstić information content (AvgIpc) is 2.32. The fourth-order valence-electron chi connectivity index (χ4n) is 1.43. The van der Waals surface area contributed by atoms with E-state index in [2.05, 4.69) is 43.6 Å². The number of imidazole rings is 1. The summed E-state index contributed by atoms with van der Waals surface area (Å²) in [6, 6.07) is 4.25. The second kappa shape index (κ2) is 2.77. The van der Waals surface area contributed by atoms with Crippen molar-refractivity contribution in [1.82, 2.24) is 9.55 Å². The lowest BCUT2D eigenvalue weighted by Gasteiger charge is -2.00. The Bertz CT molecular complexity index is 471. The number of nitrogens with zero attached hydrogens (tertiary/aromatic N) is 2. The molecule has 13 heavy (non-hydrogen) atoms. The number of rotatable bonds is 0. The van der Waals surface area contributed by atoms with Crippen LogP contribution < -0.4 is 0 Å². The largest absolute Gasteiger partial charge is 0.322 e. The Morgan fingerprint density at radius 2 is 1.85 bits per heavy atom. The molecule has 0 radical (unpaired) electrons. The number of aryl methyl sites for hydroxylation is 3. The van der Waals surface area contributed by atoms with Crippen LogP contribution in [0.25, 0.3) is 11.0 Å². The molecule has 2 aromatic rings. The molecule has 0 atom stereocenters. The quantitative estimate of drug-likeness (QED) is 0.635. The number of thiol groups is 1. The van der Waals surface area contributed by atoms with Gasteiger partial charge in [-0.25, -0.2) is 4.98 Å². The van der Waals surface area contributed by atoms with Crippen molar-refractivity contribution in [1.29, 1.82) is 0 Å². The van der Waals surface area contributed by atoms with Crippen LogP contribution in [0.2, 0.25) is 0 Å². The molecule has 0 aliphatic carbocycles. The highest BCUT2D eigenvalue weighted by Gasteiger charge is 2.05. The molecule has 1 heterocycles. The molecule has 0 N–H and O–H groups in total. The summed E-state index contributed by atoms with van der Waals surface area (Å²) < 4.78 is 1.99. The Balaban J connectivity index is 2.89. The van der Waals surface area contributed by atoms with Crippen LogP contribution in [0.1, 0.15) is 11.1 Å². The first kappa shape index (κ1) is 8.63. The van der Waals surface area contributed by atoms with Gasteiger partial charge in [0.15, 0.2) is 5.16 Å². The summed E-state index contributed by atoms with van der Waals surface area (Å²) in [5.74, 6) is 0. The van der Waals surface area contributed by atoms with Crippen molar-refractivity contribution in [2.24, 2.45) is 7.05 Å². The van der Waals surface area contributed by atoms with Crippen LogP contribution in [0.3, 0.4) is 0 Å². The molecule has 3 heteroatoms. The fourth-order valence-corrected chi connectivity index (χ4v) is 1.65. The lowest BCUT2D eigenvalue weighted by molar-refractivity contribution is 0.819.